The molecule has 0 bridgehead atoms. The summed E-state index contributed by atoms with van der Waals surface area (Å²) in [6.45, 7) is 10.5. The lowest BCUT2D eigenvalue weighted by Gasteiger charge is -2.56. The first-order valence-electron chi connectivity index (χ1n) is 11.9. The van der Waals surface area contributed by atoms with Crippen molar-refractivity contribution in [3.05, 3.63) is 23.4 Å². The number of fused-ring (bicyclic) bond motifs is 5. The van der Waals surface area contributed by atoms with Gasteiger partial charge in [-0.1, -0.05) is 32.9 Å². The second-order valence-electron chi connectivity index (χ2n) is 11.0. The zero-order valence-electron chi connectivity index (χ0n) is 19.6. The number of hydrogen-bond acceptors (Lipinski definition) is 4. The summed E-state index contributed by atoms with van der Waals surface area (Å²) in [7, 11) is 0. The van der Waals surface area contributed by atoms with Crippen molar-refractivity contribution in [3.8, 4) is 0 Å². The molecular formula is C26H37NO4. The number of amides is 1. The van der Waals surface area contributed by atoms with E-state index in [2.05, 4.69) is 38.2 Å². The molecule has 2 fully saturated rings. The van der Waals surface area contributed by atoms with E-state index < -0.39 is 0 Å². The van der Waals surface area contributed by atoms with E-state index in [-0.39, 0.29) is 28.5 Å². The number of ketones is 1. The number of esters is 1. The van der Waals surface area contributed by atoms with Gasteiger partial charge in [0.1, 0.15) is 0 Å². The molecule has 0 unspecified atom stereocenters. The third kappa shape index (κ3) is 3.58. The summed E-state index contributed by atoms with van der Waals surface area (Å²) >= 11 is 0. The molecule has 4 aliphatic carbocycles. The first-order chi connectivity index (χ1) is 14.6. The van der Waals surface area contributed by atoms with Gasteiger partial charge in [-0.25, -0.2) is 0 Å². The molecule has 5 nitrogen and oxygen atoms in total. The van der Waals surface area contributed by atoms with E-state index in [0.29, 0.717) is 48.3 Å². The number of carbonyl (C=O) groups is 3. The number of hydrogen-bond donors (Lipinski definition) is 1. The summed E-state index contributed by atoms with van der Waals surface area (Å²) in [6.07, 6.45) is 10.6. The quantitative estimate of drug-likeness (QED) is 0.667. The number of ether oxygens (including phenoxy) is 1. The van der Waals surface area contributed by atoms with Crippen molar-refractivity contribution in [1.29, 1.82) is 0 Å². The molecule has 4 aliphatic rings. The molecule has 170 valence electrons. The summed E-state index contributed by atoms with van der Waals surface area (Å²) < 4.78 is 5.36. The van der Waals surface area contributed by atoms with E-state index in [1.54, 1.807) is 0 Å². The maximum atomic E-state index is 12.6. The van der Waals surface area contributed by atoms with Crippen LogP contribution in [0.3, 0.4) is 0 Å². The second-order valence-corrected chi connectivity index (χ2v) is 11.0. The van der Waals surface area contributed by atoms with Gasteiger partial charge in [0.25, 0.3) is 0 Å². The summed E-state index contributed by atoms with van der Waals surface area (Å²) in [6, 6.07) is 0. The topological polar surface area (TPSA) is 72.5 Å². The maximum absolute atomic E-state index is 12.6. The van der Waals surface area contributed by atoms with Crippen LogP contribution in [0.2, 0.25) is 0 Å². The number of rotatable bonds is 4. The van der Waals surface area contributed by atoms with Crippen LogP contribution in [0.15, 0.2) is 23.4 Å². The largest absolute Gasteiger partial charge is 0.466 e. The zero-order valence-corrected chi connectivity index (χ0v) is 19.6. The molecule has 0 aromatic heterocycles. The van der Waals surface area contributed by atoms with E-state index in [0.717, 1.165) is 18.4 Å². The fourth-order valence-electron chi connectivity index (χ4n) is 7.79. The molecule has 0 heterocycles. The van der Waals surface area contributed by atoms with Crippen molar-refractivity contribution in [2.75, 3.05) is 6.61 Å². The Balaban J connectivity index is 1.64. The van der Waals surface area contributed by atoms with E-state index in [9.17, 15) is 14.4 Å². The fraction of sp³-hybridized carbons (Fsp3) is 0.731. The van der Waals surface area contributed by atoms with Crippen molar-refractivity contribution >= 4 is 17.7 Å². The SMILES string of the molecule is CC(=O)NC1=C2C=C[C@H]3[C@@H]4CC[C@H]([C@H](C)COC(C)=O)[C@@]4(C)CC[C@@H]3[C@@]2(C)CCC1=O. The van der Waals surface area contributed by atoms with Crippen molar-refractivity contribution in [2.45, 2.75) is 73.1 Å². The van der Waals surface area contributed by atoms with Crippen LogP contribution in [0, 0.1) is 40.4 Å². The minimum absolute atomic E-state index is 0.0616. The zero-order chi connectivity index (χ0) is 22.6. The number of carbonyl (C=O) groups excluding carboxylic acids is 3. The Morgan fingerprint density at radius 1 is 1.16 bits per heavy atom. The number of allylic oxidation sites excluding steroid dienone is 4. The molecule has 1 amide bonds. The lowest BCUT2D eigenvalue weighted by Crippen LogP contribution is -2.51. The standard InChI is InChI=1S/C26H37NO4/c1-15(14-31-17(3)29)19-8-9-20-18-6-7-22-24(27-16(2)28)23(30)11-13-26(22,5)21(18)10-12-25(19,20)4/h6-7,15,18-21H,8-14H2,1-5H3,(H,27,28)/t15-,18+,19-,20+,21+,25-,26-/m1/s1. The lowest BCUT2D eigenvalue weighted by atomic mass is 9.48. The molecule has 0 aliphatic heterocycles. The summed E-state index contributed by atoms with van der Waals surface area (Å²) in [5.74, 6) is 2.26. The Bertz CT molecular complexity index is 857. The molecule has 0 spiro atoms. The van der Waals surface area contributed by atoms with Crippen LogP contribution < -0.4 is 5.32 Å². The molecule has 0 aromatic carbocycles. The number of nitrogens with one attached hydrogen (secondary N) is 1. The van der Waals surface area contributed by atoms with Crippen LogP contribution in [-0.2, 0) is 19.1 Å². The molecule has 31 heavy (non-hydrogen) atoms. The third-order valence-corrected chi connectivity index (χ3v) is 9.28. The van der Waals surface area contributed by atoms with Gasteiger partial charge in [0, 0.05) is 20.3 Å². The normalized spacial score (nSPS) is 40.0. The van der Waals surface area contributed by atoms with Gasteiger partial charge >= 0.3 is 5.97 Å². The Labute approximate surface area is 186 Å². The van der Waals surface area contributed by atoms with E-state index in [4.69, 9.17) is 4.74 Å². The minimum atomic E-state index is -0.195. The molecule has 4 rings (SSSR count). The summed E-state index contributed by atoms with van der Waals surface area (Å²) in [5, 5.41) is 2.85. The monoisotopic (exact) mass is 427 g/mol. The van der Waals surface area contributed by atoms with Crippen molar-refractivity contribution < 1.29 is 19.1 Å². The van der Waals surface area contributed by atoms with E-state index in [1.165, 1.54) is 33.1 Å². The van der Waals surface area contributed by atoms with Crippen LogP contribution in [-0.4, -0.2) is 24.3 Å². The van der Waals surface area contributed by atoms with Crippen LogP contribution in [0.4, 0.5) is 0 Å². The second kappa shape index (κ2) is 7.90. The van der Waals surface area contributed by atoms with Crippen molar-refractivity contribution in [3.63, 3.8) is 0 Å². The molecule has 5 heteroatoms. The highest BCUT2D eigenvalue weighted by Gasteiger charge is 2.59. The van der Waals surface area contributed by atoms with Crippen LogP contribution in [0.1, 0.15) is 73.1 Å². The molecule has 1 N–H and O–H groups in total. The van der Waals surface area contributed by atoms with Gasteiger partial charge in [0.05, 0.1) is 12.3 Å². The lowest BCUT2D eigenvalue weighted by molar-refractivity contribution is -0.143. The van der Waals surface area contributed by atoms with Gasteiger partial charge in [-0.3, -0.25) is 14.4 Å². The van der Waals surface area contributed by atoms with Crippen LogP contribution in [0.25, 0.3) is 0 Å². The van der Waals surface area contributed by atoms with Crippen molar-refractivity contribution in [1.82, 2.24) is 5.32 Å². The molecule has 2 saturated carbocycles. The van der Waals surface area contributed by atoms with E-state index in [1.807, 2.05) is 0 Å². The van der Waals surface area contributed by atoms with E-state index >= 15 is 0 Å². The first kappa shape index (κ1) is 22.3. The summed E-state index contributed by atoms with van der Waals surface area (Å²) in [5.41, 5.74) is 1.77. The third-order valence-electron chi connectivity index (χ3n) is 9.28. The van der Waals surface area contributed by atoms with Crippen LogP contribution in [0.5, 0.6) is 0 Å². The maximum Gasteiger partial charge on any atom is 0.302 e. The highest BCUT2D eigenvalue weighted by atomic mass is 16.5. The molecule has 7 atom stereocenters. The predicted molar refractivity (Wildman–Crippen MR) is 119 cm³/mol. The average Bonchev–Trinajstić information content (AvgIpc) is 3.05. The average molecular weight is 428 g/mol. The van der Waals surface area contributed by atoms with Gasteiger partial charge in [-0.2, -0.15) is 0 Å². The Morgan fingerprint density at radius 2 is 1.90 bits per heavy atom. The highest BCUT2D eigenvalue weighted by molar-refractivity contribution is 6.00. The number of Topliss-reactive ketones (excluding diaryl/α,β-unsaturated/α-hetero) is 1. The Hall–Kier alpha value is -1.91. The molecule has 0 radical (unpaired) electrons. The minimum Gasteiger partial charge on any atom is -0.466 e. The highest BCUT2D eigenvalue weighted by Crippen LogP contribution is 2.66. The summed E-state index contributed by atoms with van der Waals surface area (Å²) in [4.78, 5) is 35.7. The predicted octanol–water partition coefficient (Wildman–Crippen LogP) is 4.57. The van der Waals surface area contributed by atoms with Gasteiger partial charge in [-0.15, -0.1) is 0 Å². The van der Waals surface area contributed by atoms with Gasteiger partial charge in [0.2, 0.25) is 5.91 Å². The first-order valence-corrected chi connectivity index (χ1v) is 11.9. The Kier molecular flexibility index (Phi) is 5.68. The molecule has 0 saturated heterocycles. The van der Waals surface area contributed by atoms with Gasteiger partial charge < -0.3 is 10.1 Å². The van der Waals surface area contributed by atoms with Gasteiger partial charge in [-0.05, 0) is 78.1 Å². The smallest absolute Gasteiger partial charge is 0.302 e. The molecule has 0 aromatic rings. The fourth-order valence-corrected chi connectivity index (χ4v) is 7.79. The van der Waals surface area contributed by atoms with Gasteiger partial charge in [0.15, 0.2) is 5.78 Å². The Morgan fingerprint density at radius 3 is 2.58 bits per heavy atom. The van der Waals surface area contributed by atoms with Crippen molar-refractivity contribution in [2.24, 2.45) is 40.4 Å². The van der Waals surface area contributed by atoms with Crippen LogP contribution >= 0.6 is 0 Å². The molecular weight excluding hydrogens is 390 g/mol.